The van der Waals surface area contributed by atoms with Crippen molar-refractivity contribution in [1.29, 1.82) is 0 Å². The fourth-order valence-electron chi connectivity index (χ4n) is 1.10. The van der Waals surface area contributed by atoms with E-state index >= 15 is 0 Å². The molecule has 1 aromatic rings. The third-order valence-corrected chi connectivity index (χ3v) is 1.86. The van der Waals surface area contributed by atoms with E-state index in [0.717, 1.165) is 12.1 Å². The molecule has 0 amide bonds. The minimum Gasteiger partial charge on any atom is -0.491 e. The number of hydrogen-bond donors (Lipinski definition) is 1. The molecule has 0 heterocycles. The molecule has 0 fully saturated rings. The number of ether oxygens (including phenoxy) is 1. The molecule has 0 aliphatic carbocycles. The van der Waals surface area contributed by atoms with Crippen LogP contribution < -0.4 is 10.5 Å². The highest BCUT2D eigenvalue weighted by atomic mass is 19.1. The Hall–Kier alpha value is -1.42. The SMILES string of the molecule is C=C[C@@H](N)c1cc(F)c(OC)c(F)c1. The first-order valence-corrected chi connectivity index (χ1v) is 4.01. The van der Waals surface area contributed by atoms with Crippen LogP contribution in [0.15, 0.2) is 24.8 Å². The first kappa shape index (κ1) is 10.7. The number of hydrogen-bond acceptors (Lipinski definition) is 2. The Labute approximate surface area is 81.0 Å². The average molecular weight is 199 g/mol. The number of benzene rings is 1. The summed E-state index contributed by atoms with van der Waals surface area (Å²) in [5, 5.41) is 0. The van der Waals surface area contributed by atoms with Crippen molar-refractivity contribution < 1.29 is 13.5 Å². The highest BCUT2D eigenvalue weighted by Gasteiger charge is 2.13. The molecule has 0 aliphatic heterocycles. The van der Waals surface area contributed by atoms with E-state index in [9.17, 15) is 8.78 Å². The number of methoxy groups -OCH3 is 1. The molecule has 0 saturated heterocycles. The maximum absolute atomic E-state index is 13.2. The lowest BCUT2D eigenvalue weighted by Crippen LogP contribution is -2.08. The van der Waals surface area contributed by atoms with E-state index < -0.39 is 23.4 Å². The number of halogens is 2. The third kappa shape index (κ3) is 1.90. The molecule has 2 nitrogen and oxygen atoms in total. The number of nitrogens with two attached hydrogens (primary N) is 1. The minimum absolute atomic E-state index is 0.329. The van der Waals surface area contributed by atoms with Crippen molar-refractivity contribution in [2.24, 2.45) is 5.73 Å². The van der Waals surface area contributed by atoms with Gasteiger partial charge in [-0.15, -0.1) is 6.58 Å². The van der Waals surface area contributed by atoms with Gasteiger partial charge in [0.2, 0.25) is 0 Å². The second kappa shape index (κ2) is 4.19. The lowest BCUT2D eigenvalue weighted by Gasteiger charge is -2.09. The van der Waals surface area contributed by atoms with E-state index in [0.29, 0.717) is 5.56 Å². The van der Waals surface area contributed by atoms with Crippen LogP contribution in [0, 0.1) is 11.6 Å². The summed E-state index contributed by atoms with van der Waals surface area (Å²) in [7, 11) is 1.20. The fraction of sp³-hybridized carbons (Fsp3) is 0.200. The molecule has 1 rings (SSSR count). The Kier molecular flexibility index (Phi) is 3.19. The van der Waals surface area contributed by atoms with Crippen molar-refractivity contribution in [2.45, 2.75) is 6.04 Å². The summed E-state index contributed by atoms with van der Waals surface area (Å²) < 4.78 is 30.8. The Bertz CT molecular complexity index is 329. The lowest BCUT2D eigenvalue weighted by molar-refractivity contribution is 0.359. The van der Waals surface area contributed by atoms with Gasteiger partial charge >= 0.3 is 0 Å². The molecule has 1 aromatic carbocycles. The smallest absolute Gasteiger partial charge is 0.190 e. The van der Waals surface area contributed by atoms with Gasteiger partial charge in [-0.25, -0.2) is 8.78 Å². The molecule has 0 bridgehead atoms. The van der Waals surface area contributed by atoms with Gasteiger partial charge in [0.1, 0.15) is 0 Å². The molecule has 1 atom stereocenters. The maximum Gasteiger partial charge on any atom is 0.190 e. The molecule has 0 aliphatic rings. The summed E-state index contributed by atoms with van der Waals surface area (Å²) in [6.07, 6.45) is 1.40. The van der Waals surface area contributed by atoms with Crippen molar-refractivity contribution in [2.75, 3.05) is 7.11 Å². The third-order valence-electron chi connectivity index (χ3n) is 1.86. The molecule has 14 heavy (non-hydrogen) atoms. The van der Waals surface area contributed by atoms with Crippen molar-refractivity contribution >= 4 is 0 Å². The second-order valence-electron chi connectivity index (χ2n) is 2.78. The zero-order valence-electron chi connectivity index (χ0n) is 7.76. The zero-order chi connectivity index (χ0) is 10.7. The highest BCUT2D eigenvalue weighted by Crippen LogP contribution is 2.25. The lowest BCUT2D eigenvalue weighted by atomic mass is 10.1. The normalized spacial score (nSPS) is 12.3. The predicted molar refractivity (Wildman–Crippen MR) is 50.0 cm³/mol. The van der Waals surface area contributed by atoms with Crippen molar-refractivity contribution in [3.8, 4) is 5.75 Å². The molecule has 2 N–H and O–H groups in total. The van der Waals surface area contributed by atoms with Crippen molar-refractivity contribution in [3.05, 3.63) is 42.0 Å². The molecular formula is C10H11F2NO. The van der Waals surface area contributed by atoms with Crippen LogP contribution in [-0.2, 0) is 0 Å². The van der Waals surface area contributed by atoms with Crippen molar-refractivity contribution in [3.63, 3.8) is 0 Å². The van der Waals surface area contributed by atoms with Gasteiger partial charge in [-0.05, 0) is 17.7 Å². The summed E-state index contributed by atoms with van der Waals surface area (Å²) in [5.74, 6) is -1.93. The Morgan fingerprint density at radius 2 is 1.93 bits per heavy atom. The van der Waals surface area contributed by atoms with Crippen LogP contribution in [0.2, 0.25) is 0 Å². The zero-order valence-corrected chi connectivity index (χ0v) is 7.76. The van der Waals surface area contributed by atoms with E-state index in [-0.39, 0.29) is 0 Å². The summed E-state index contributed by atoms with van der Waals surface area (Å²) in [5.41, 5.74) is 5.86. The van der Waals surface area contributed by atoms with Crippen LogP contribution >= 0.6 is 0 Å². The van der Waals surface area contributed by atoms with E-state index in [4.69, 9.17) is 5.73 Å². The largest absolute Gasteiger partial charge is 0.491 e. The fourth-order valence-corrected chi connectivity index (χ4v) is 1.10. The highest BCUT2D eigenvalue weighted by molar-refractivity contribution is 5.33. The molecule has 0 radical (unpaired) electrons. The molecule has 4 heteroatoms. The van der Waals surface area contributed by atoms with Gasteiger partial charge in [0.05, 0.1) is 7.11 Å². The molecular weight excluding hydrogens is 188 g/mol. The second-order valence-corrected chi connectivity index (χ2v) is 2.78. The molecule has 0 aromatic heterocycles. The van der Waals surface area contributed by atoms with E-state index in [1.165, 1.54) is 13.2 Å². The summed E-state index contributed by atoms with van der Waals surface area (Å²) in [6, 6.07) is 1.69. The van der Waals surface area contributed by atoms with E-state index in [1.54, 1.807) is 0 Å². The van der Waals surface area contributed by atoms with Gasteiger partial charge in [0.15, 0.2) is 17.4 Å². The van der Waals surface area contributed by atoms with E-state index in [1.807, 2.05) is 0 Å². The van der Waals surface area contributed by atoms with Gasteiger partial charge in [0, 0.05) is 6.04 Å². The minimum atomic E-state index is -0.764. The predicted octanol–water partition coefficient (Wildman–Crippen LogP) is 2.16. The molecule has 0 saturated carbocycles. The Morgan fingerprint density at radius 3 is 2.29 bits per heavy atom. The summed E-state index contributed by atoms with van der Waals surface area (Å²) >= 11 is 0. The Balaban J connectivity index is 3.20. The quantitative estimate of drug-likeness (QED) is 0.757. The standard InChI is InChI=1S/C10H11F2NO/c1-3-9(13)6-4-7(11)10(14-2)8(12)5-6/h3-5,9H,1,13H2,2H3/t9-/m1/s1. The summed E-state index contributed by atoms with van der Waals surface area (Å²) in [4.78, 5) is 0. The molecule has 76 valence electrons. The topological polar surface area (TPSA) is 35.2 Å². The van der Waals surface area contributed by atoms with Gasteiger partial charge in [0.25, 0.3) is 0 Å². The average Bonchev–Trinajstić information content (AvgIpc) is 2.16. The van der Waals surface area contributed by atoms with Crippen LogP contribution in [0.3, 0.4) is 0 Å². The first-order chi connectivity index (χ1) is 6.60. The Morgan fingerprint density at radius 1 is 1.43 bits per heavy atom. The summed E-state index contributed by atoms with van der Waals surface area (Å²) in [6.45, 7) is 3.44. The molecule has 0 spiro atoms. The van der Waals surface area contributed by atoms with Crippen molar-refractivity contribution in [1.82, 2.24) is 0 Å². The van der Waals surface area contributed by atoms with Crippen LogP contribution in [0.5, 0.6) is 5.75 Å². The number of rotatable bonds is 3. The maximum atomic E-state index is 13.2. The van der Waals surface area contributed by atoms with E-state index in [2.05, 4.69) is 11.3 Å². The first-order valence-electron chi connectivity index (χ1n) is 4.01. The van der Waals surface area contributed by atoms with Crippen LogP contribution in [-0.4, -0.2) is 7.11 Å². The van der Waals surface area contributed by atoms with Crippen LogP contribution in [0.4, 0.5) is 8.78 Å². The molecule has 0 unspecified atom stereocenters. The van der Waals surface area contributed by atoms with Gasteiger partial charge in [-0.2, -0.15) is 0 Å². The monoisotopic (exact) mass is 199 g/mol. The van der Waals surface area contributed by atoms with Gasteiger partial charge in [-0.3, -0.25) is 0 Å². The van der Waals surface area contributed by atoms with Gasteiger partial charge in [-0.1, -0.05) is 6.08 Å². The van der Waals surface area contributed by atoms with Gasteiger partial charge < -0.3 is 10.5 Å². The van der Waals surface area contributed by atoms with Crippen LogP contribution in [0.25, 0.3) is 0 Å². The van der Waals surface area contributed by atoms with Crippen LogP contribution in [0.1, 0.15) is 11.6 Å².